The summed E-state index contributed by atoms with van der Waals surface area (Å²) in [5.41, 5.74) is 4.30. The Balaban J connectivity index is 2.33. The second-order valence-corrected chi connectivity index (χ2v) is 3.97. The normalized spacial score (nSPS) is 26.4. The van der Waals surface area contributed by atoms with Gasteiger partial charge in [0.2, 0.25) is 0 Å². The average Bonchev–Trinajstić information content (AvgIpc) is 2.82. The van der Waals surface area contributed by atoms with E-state index >= 15 is 0 Å². The molecule has 1 unspecified atom stereocenters. The smallest absolute Gasteiger partial charge is 0.269 e. The van der Waals surface area contributed by atoms with Crippen LogP contribution in [0.3, 0.4) is 0 Å². The first kappa shape index (κ1) is 10.9. The summed E-state index contributed by atoms with van der Waals surface area (Å²) < 4.78 is 26.4. The molecule has 0 aromatic heterocycles. The Labute approximate surface area is 90.2 Å². The van der Waals surface area contributed by atoms with Gasteiger partial charge in [0.15, 0.2) is 0 Å². The molecule has 0 aliphatic heterocycles. The van der Waals surface area contributed by atoms with Gasteiger partial charge in [0.05, 0.1) is 10.3 Å². The molecule has 1 atom stereocenters. The third-order valence-corrected chi connectivity index (χ3v) is 3.08. The van der Waals surface area contributed by atoms with Crippen molar-refractivity contribution in [2.75, 3.05) is 6.54 Å². The van der Waals surface area contributed by atoms with Gasteiger partial charge in [-0.25, -0.2) is 8.78 Å². The van der Waals surface area contributed by atoms with Gasteiger partial charge >= 0.3 is 0 Å². The molecule has 1 aliphatic rings. The van der Waals surface area contributed by atoms with Crippen molar-refractivity contribution in [2.45, 2.75) is 17.8 Å². The molecule has 0 heterocycles. The van der Waals surface area contributed by atoms with Crippen molar-refractivity contribution in [1.82, 2.24) is 0 Å². The van der Waals surface area contributed by atoms with Crippen LogP contribution in [0.1, 0.15) is 12.0 Å². The van der Waals surface area contributed by atoms with Crippen LogP contribution in [0.25, 0.3) is 0 Å². The molecule has 16 heavy (non-hydrogen) atoms. The molecule has 86 valence electrons. The molecule has 1 fully saturated rings. The van der Waals surface area contributed by atoms with Gasteiger partial charge in [-0.3, -0.25) is 10.1 Å². The Morgan fingerprint density at radius 1 is 1.38 bits per heavy atom. The van der Waals surface area contributed by atoms with E-state index in [-0.39, 0.29) is 18.7 Å². The molecule has 0 saturated heterocycles. The summed E-state index contributed by atoms with van der Waals surface area (Å²) in [6.07, 6.45) is -0.283. The summed E-state index contributed by atoms with van der Waals surface area (Å²) in [6, 6.07) is 5.15. The van der Waals surface area contributed by atoms with Crippen molar-refractivity contribution in [1.29, 1.82) is 0 Å². The number of benzene rings is 1. The lowest BCUT2D eigenvalue weighted by atomic mass is 9.95. The van der Waals surface area contributed by atoms with Crippen LogP contribution >= 0.6 is 0 Å². The Hall–Kier alpha value is -1.56. The second kappa shape index (κ2) is 3.21. The van der Waals surface area contributed by atoms with Crippen molar-refractivity contribution in [3.8, 4) is 0 Å². The van der Waals surface area contributed by atoms with Gasteiger partial charge < -0.3 is 5.73 Å². The van der Waals surface area contributed by atoms with Crippen LogP contribution in [0.15, 0.2) is 24.3 Å². The minimum atomic E-state index is -2.79. The van der Waals surface area contributed by atoms with Gasteiger partial charge in [-0.05, 0) is 5.56 Å². The number of hydrogen-bond acceptors (Lipinski definition) is 3. The maximum absolute atomic E-state index is 13.2. The van der Waals surface area contributed by atoms with Gasteiger partial charge in [0, 0.05) is 25.1 Å². The molecule has 1 saturated carbocycles. The SMILES string of the molecule is NCC1(c2ccc([N+](=O)[O-])cc2)CC1(F)F. The zero-order valence-electron chi connectivity index (χ0n) is 8.32. The highest BCUT2D eigenvalue weighted by Gasteiger charge is 2.71. The molecule has 2 rings (SSSR count). The Bertz CT molecular complexity index is 433. The van der Waals surface area contributed by atoms with E-state index in [0.29, 0.717) is 5.56 Å². The van der Waals surface area contributed by atoms with Crippen molar-refractivity contribution < 1.29 is 13.7 Å². The fourth-order valence-corrected chi connectivity index (χ4v) is 1.89. The van der Waals surface area contributed by atoms with E-state index in [1.54, 1.807) is 0 Å². The van der Waals surface area contributed by atoms with Crippen LogP contribution in [-0.4, -0.2) is 17.4 Å². The van der Waals surface area contributed by atoms with E-state index in [1.807, 2.05) is 0 Å². The van der Waals surface area contributed by atoms with Crippen LogP contribution in [0, 0.1) is 10.1 Å². The standard InChI is InChI=1S/C10H10F2N2O2/c11-10(12)5-9(10,6-13)7-1-3-8(4-2-7)14(15)16/h1-4H,5-6,13H2. The Kier molecular flexibility index (Phi) is 2.20. The number of nitro benzene ring substituents is 1. The zero-order chi connectivity index (χ0) is 12.0. The highest BCUT2D eigenvalue weighted by atomic mass is 19.3. The van der Waals surface area contributed by atoms with Gasteiger partial charge in [0.25, 0.3) is 11.6 Å². The number of non-ortho nitro benzene ring substituents is 1. The summed E-state index contributed by atoms with van der Waals surface area (Å²) >= 11 is 0. The molecule has 0 radical (unpaired) electrons. The first-order valence-electron chi connectivity index (χ1n) is 4.76. The van der Waals surface area contributed by atoms with Crippen LogP contribution in [0.5, 0.6) is 0 Å². The van der Waals surface area contributed by atoms with Gasteiger partial charge in [-0.2, -0.15) is 0 Å². The highest BCUT2D eigenvalue weighted by molar-refractivity contribution is 5.43. The molecule has 4 nitrogen and oxygen atoms in total. The quantitative estimate of drug-likeness (QED) is 0.633. The van der Waals surface area contributed by atoms with Crippen LogP contribution in [0.2, 0.25) is 0 Å². The van der Waals surface area contributed by atoms with Gasteiger partial charge in [-0.15, -0.1) is 0 Å². The monoisotopic (exact) mass is 228 g/mol. The van der Waals surface area contributed by atoms with E-state index in [2.05, 4.69) is 0 Å². The summed E-state index contributed by atoms with van der Waals surface area (Å²) in [4.78, 5) is 9.84. The summed E-state index contributed by atoms with van der Waals surface area (Å²) in [7, 11) is 0. The fourth-order valence-electron chi connectivity index (χ4n) is 1.89. The largest absolute Gasteiger partial charge is 0.329 e. The van der Waals surface area contributed by atoms with Crippen molar-refractivity contribution in [3.63, 3.8) is 0 Å². The third kappa shape index (κ3) is 1.37. The minimum Gasteiger partial charge on any atom is -0.329 e. The molecule has 1 aromatic rings. The fraction of sp³-hybridized carbons (Fsp3) is 0.400. The minimum absolute atomic E-state index is 0.111. The molecule has 0 bridgehead atoms. The average molecular weight is 228 g/mol. The van der Waals surface area contributed by atoms with Crippen LogP contribution in [0.4, 0.5) is 14.5 Å². The number of alkyl halides is 2. The van der Waals surface area contributed by atoms with Gasteiger partial charge in [-0.1, -0.05) is 12.1 Å². The first-order chi connectivity index (χ1) is 7.43. The lowest BCUT2D eigenvalue weighted by Crippen LogP contribution is -2.26. The molecule has 0 amide bonds. The molecule has 2 N–H and O–H groups in total. The molecule has 0 spiro atoms. The Morgan fingerprint density at radius 2 is 1.88 bits per heavy atom. The van der Waals surface area contributed by atoms with Crippen molar-refractivity contribution in [2.24, 2.45) is 5.73 Å². The number of halogens is 2. The van der Waals surface area contributed by atoms with Crippen molar-refractivity contribution >= 4 is 5.69 Å². The third-order valence-electron chi connectivity index (χ3n) is 3.08. The van der Waals surface area contributed by atoms with E-state index in [4.69, 9.17) is 5.73 Å². The number of nitrogens with two attached hydrogens (primary N) is 1. The molecular formula is C10H10F2N2O2. The predicted molar refractivity (Wildman–Crippen MR) is 53.4 cm³/mol. The number of nitrogens with zero attached hydrogens (tertiary/aromatic N) is 1. The first-order valence-corrected chi connectivity index (χ1v) is 4.76. The lowest BCUT2D eigenvalue weighted by Gasteiger charge is -2.13. The van der Waals surface area contributed by atoms with E-state index in [9.17, 15) is 18.9 Å². The van der Waals surface area contributed by atoms with E-state index in [0.717, 1.165) is 0 Å². The maximum Gasteiger partial charge on any atom is 0.269 e. The number of rotatable bonds is 3. The molecular weight excluding hydrogens is 218 g/mol. The molecule has 6 heteroatoms. The molecule has 1 aromatic carbocycles. The van der Waals surface area contributed by atoms with E-state index in [1.165, 1.54) is 24.3 Å². The Morgan fingerprint density at radius 3 is 2.19 bits per heavy atom. The predicted octanol–water partition coefficient (Wildman–Crippen LogP) is 1.83. The van der Waals surface area contributed by atoms with E-state index < -0.39 is 16.3 Å². The van der Waals surface area contributed by atoms with Crippen LogP contribution < -0.4 is 5.73 Å². The number of hydrogen-bond donors (Lipinski definition) is 1. The van der Waals surface area contributed by atoms with Crippen LogP contribution in [-0.2, 0) is 5.41 Å². The topological polar surface area (TPSA) is 69.2 Å². The highest BCUT2D eigenvalue weighted by Crippen LogP contribution is 2.60. The lowest BCUT2D eigenvalue weighted by molar-refractivity contribution is -0.384. The van der Waals surface area contributed by atoms with Crippen molar-refractivity contribution in [3.05, 3.63) is 39.9 Å². The second-order valence-electron chi connectivity index (χ2n) is 3.97. The zero-order valence-corrected chi connectivity index (χ0v) is 8.32. The summed E-state index contributed by atoms with van der Waals surface area (Å²) in [5, 5.41) is 10.4. The van der Waals surface area contributed by atoms with Gasteiger partial charge in [0.1, 0.15) is 0 Å². The summed E-state index contributed by atoms with van der Waals surface area (Å²) in [5.74, 6) is -2.79. The maximum atomic E-state index is 13.2. The number of nitro groups is 1. The molecule has 1 aliphatic carbocycles. The summed E-state index contributed by atoms with van der Waals surface area (Å²) in [6.45, 7) is -0.155.